The summed E-state index contributed by atoms with van der Waals surface area (Å²) >= 11 is 0. The van der Waals surface area contributed by atoms with Gasteiger partial charge in [-0.3, -0.25) is 0 Å². The van der Waals surface area contributed by atoms with Gasteiger partial charge in [-0.2, -0.15) is 14.3 Å². The third-order valence-corrected chi connectivity index (χ3v) is 4.31. The molecule has 1 aromatic carbocycles. The Labute approximate surface area is 151 Å². The standard InChI is InChI=1S/C20H19N5O/c1-2-16-13-22-25-19(21-12-15-7-6-10-24(26)14-15)11-18(23-20(16)25)17-8-4-3-5-9-17/h3-11,13-14,21H,2,12H2,1H3. The van der Waals surface area contributed by atoms with Crippen molar-refractivity contribution in [2.45, 2.75) is 19.9 Å². The minimum absolute atomic E-state index is 0.526. The maximum atomic E-state index is 11.5. The SMILES string of the molecule is CCc1cnn2c(NCc3ccc[n+]([O-])c3)cc(-c3ccccc3)nc12. The fourth-order valence-electron chi connectivity index (χ4n) is 2.94. The average Bonchev–Trinajstić information content (AvgIpc) is 3.10. The Balaban J connectivity index is 1.76. The number of rotatable bonds is 5. The number of nitrogens with one attached hydrogen (secondary N) is 1. The minimum atomic E-state index is 0.526. The molecule has 0 spiro atoms. The van der Waals surface area contributed by atoms with E-state index in [-0.39, 0.29) is 0 Å². The van der Waals surface area contributed by atoms with E-state index >= 15 is 0 Å². The number of aromatic nitrogens is 4. The molecule has 26 heavy (non-hydrogen) atoms. The summed E-state index contributed by atoms with van der Waals surface area (Å²) < 4.78 is 2.62. The van der Waals surface area contributed by atoms with Gasteiger partial charge in [-0.15, -0.1) is 0 Å². The van der Waals surface area contributed by atoms with Crippen LogP contribution in [0.25, 0.3) is 16.9 Å². The van der Waals surface area contributed by atoms with E-state index in [4.69, 9.17) is 4.98 Å². The molecule has 0 saturated heterocycles. The molecule has 0 fully saturated rings. The van der Waals surface area contributed by atoms with Crippen molar-refractivity contribution >= 4 is 11.5 Å². The smallest absolute Gasteiger partial charge is 0.185 e. The van der Waals surface area contributed by atoms with Gasteiger partial charge in [0.2, 0.25) is 0 Å². The van der Waals surface area contributed by atoms with Crippen LogP contribution in [0, 0.1) is 5.21 Å². The van der Waals surface area contributed by atoms with Crippen molar-refractivity contribution in [1.82, 2.24) is 14.6 Å². The average molecular weight is 345 g/mol. The summed E-state index contributed by atoms with van der Waals surface area (Å²) in [6, 6.07) is 15.7. The van der Waals surface area contributed by atoms with Crippen molar-refractivity contribution in [1.29, 1.82) is 0 Å². The van der Waals surface area contributed by atoms with Crippen molar-refractivity contribution < 1.29 is 4.73 Å². The van der Waals surface area contributed by atoms with Crippen LogP contribution >= 0.6 is 0 Å². The zero-order valence-electron chi connectivity index (χ0n) is 14.5. The van der Waals surface area contributed by atoms with Crippen LogP contribution in [0.15, 0.2) is 67.1 Å². The first kappa shape index (κ1) is 16.1. The zero-order chi connectivity index (χ0) is 17.9. The highest BCUT2D eigenvalue weighted by atomic mass is 16.5. The molecule has 0 saturated carbocycles. The van der Waals surface area contributed by atoms with Gasteiger partial charge >= 0.3 is 0 Å². The summed E-state index contributed by atoms with van der Waals surface area (Å²) in [5, 5.41) is 19.3. The fraction of sp³-hybridized carbons (Fsp3) is 0.150. The number of anilines is 1. The molecular formula is C20H19N5O. The van der Waals surface area contributed by atoms with Crippen molar-refractivity contribution in [3.05, 3.63) is 83.5 Å². The number of hydrogen-bond donors (Lipinski definition) is 1. The van der Waals surface area contributed by atoms with E-state index < -0.39 is 0 Å². The molecule has 0 aliphatic carbocycles. The Bertz CT molecular complexity index is 1040. The van der Waals surface area contributed by atoms with Crippen LogP contribution in [0.2, 0.25) is 0 Å². The van der Waals surface area contributed by atoms with Crippen LogP contribution in [0.5, 0.6) is 0 Å². The summed E-state index contributed by atoms with van der Waals surface area (Å²) in [6.45, 7) is 2.62. The molecule has 0 aliphatic heterocycles. The fourth-order valence-corrected chi connectivity index (χ4v) is 2.94. The molecule has 0 aliphatic rings. The van der Waals surface area contributed by atoms with Gasteiger partial charge in [-0.1, -0.05) is 37.3 Å². The monoisotopic (exact) mass is 345 g/mol. The highest BCUT2D eigenvalue weighted by Crippen LogP contribution is 2.24. The molecule has 1 N–H and O–H groups in total. The molecule has 0 unspecified atom stereocenters. The number of benzene rings is 1. The highest BCUT2D eigenvalue weighted by molar-refractivity contribution is 5.67. The molecule has 130 valence electrons. The van der Waals surface area contributed by atoms with Gasteiger partial charge in [0.25, 0.3) is 0 Å². The van der Waals surface area contributed by atoms with Gasteiger partial charge in [0.05, 0.1) is 11.9 Å². The van der Waals surface area contributed by atoms with Crippen molar-refractivity contribution in [2.24, 2.45) is 0 Å². The highest BCUT2D eigenvalue weighted by Gasteiger charge is 2.12. The Kier molecular flexibility index (Phi) is 4.23. The Morgan fingerprint density at radius 1 is 1.15 bits per heavy atom. The van der Waals surface area contributed by atoms with Crippen LogP contribution in [0.4, 0.5) is 5.82 Å². The molecule has 0 bridgehead atoms. The van der Waals surface area contributed by atoms with E-state index in [2.05, 4.69) is 17.3 Å². The van der Waals surface area contributed by atoms with Gasteiger partial charge < -0.3 is 10.5 Å². The second-order valence-corrected chi connectivity index (χ2v) is 6.08. The number of aryl methyl sites for hydroxylation is 1. The summed E-state index contributed by atoms with van der Waals surface area (Å²) in [4.78, 5) is 4.81. The maximum absolute atomic E-state index is 11.5. The van der Waals surface area contributed by atoms with E-state index in [0.29, 0.717) is 6.54 Å². The maximum Gasteiger partial charge on any atom is 0.185 e. The van der Waals surface area contributed by atoms with Crippen molar-refractivity contribution in [3.63, 3.8) is 0 Å². The van der Waals surface area contributed by atoms with Gasteiger partial charge in [0, 0.05) is 35.4 Å². The molecular weight excluding hydrogens is 326 g/mol. The zero-order valence-corrected chi connectivity index (χ0v) is 14.5. The van der Waals surface area contributed by atoms with Crippen LogP contribution in [0.3, 0.4) is 0 Å². The lowest BCUT2D eigenvalue weighted by atomic mass is 10.1. The second kappa shape index (κ2) is 6.84. The van der Waals surface area contributed by atoms with E-state index in [1.165, 1.54) is 6.20 Å². The summed E-state index contributed by atoms with van der Waals surface area (Å²) in [5.74, 6) is 0.842. The number of pyridine rings is 1. The summed E-state index contributed by atoms with van der Waals surface area (Å²) in [6.07, 6.45) is 5.76. The molecule has 3 heterocycles. The largest absolute Gasteiger partial charge is 0.619 e. The lowest BCUT2D eigenvalue weighted by Crippen LogP contribution is -2.25. The second-order valence-electron chi connectivity index (χ2n) is 6.08. The van der Waals surface area contributed by atoms with Crippen LogP contribution in [0.1, 0.15) is 18.1 Å². The molecule has 6 heteroatoms. The van der Waals surface area contributed by atoms with E-state index in [1.54, 1.807) is 12.3 Å². The lowest BCUT2D eigenvalue weighted by Gasteiger charge is -2.11. The first-order chi connectivity index (χ1) is 12.7. The predicted octanol–water partition coefficient (Wildman–Crippen LogP) is 3.20. The number of fused-ring (bicyclic) bond motifs is 1. The van der Waals surface area contributed by atoms with E-state index in [1.807, 2.05) is 53.2 Å². The van der Waals surface area contributed by atoms with E-state index in [9.17, 15) is 5.21 Å². The van der Waals surface area contributed by atoms with Crippen LogP contribution < -0.4 is 10.0 Å². The molecule has 0 radical (unpaired) electrons. The molecule has 0 atom stereocenters. The van der Waals surface area contributed by atoms with Crippen LogP contribution in [-0.2, 0) is 13.0 Å². The minimum Gasteiger partial charge on any atom is -0.619 e. The first-order valence-corrected chi connectivity index (χ1v) is 8.59. The predicted molar refractivity (Wildman–Crippen MR) is 101 cm³/mol. The molecule has 4 aromatic rings. The van der Waals surface area contributed by atoms with E-state index in [0.717, 1.165) is 45.0 Å². The topological polar surface area (TPSA) is 69.2 Å². The molecule has 0 amide bonds. The van der Waals surface area contributed by atoms with Gasteiger partial charge in [-0.25, -0.2) is 4.98 Å². The Morgan fingerprint density at radius 3 is 2.77 bits per heavy atom. The van der Waals surface area contributed by atoms with Crippen molar-refractivity contribution in [2.75, 3.05) is 5.32 Å². The van der Waals surface area contributed by atoms with Crippen LogP contribution in [-0.4, -0.2) is 14.6 Å². The van der Waals surface area contributed by atoms with Gasteiger partial charge in [0.1, 0.15) is 5.82 Å². The number of hydrogen-bond acceptors (Lipinski definition) is 4. The normalized spacial score (nSPS) is 11.0. The van der Waals surface area contributed by atoms with Gasteiger partial charge in [0.15, 0.2) is 18.0 Å². The quantitative estimate of drug-likeness (QED) is 0.445. The third-order valence-electron chi connectivity index (χ3n) is 4.31. The molecule has 4 rings (SSSR count). The van der Waals surface area contributed by atoms with Crippen molar-refractivity contribution in [3.8, 4) is 11.3 Å². The number of nitrogens with zero attached hydrogens (tertiary/aromatic N) is 4. The molecule has 6 nitrogen and oxygen atoms in total. The van der Waals surface area contributed by atoms with Gasteiger partial charge in [-0.05, 0) is 12.5 Å². The Morgan fingerprint density at radius 2 is 2.00 bits per heavy atom. The lowest BCUT2D eigenvalue weighted by molar-refractivity contribution is -0.605. The summed E-state index contributed by atoms with van der Waals surface area (Å²) in [7, 11) is 0. The third kappa shape index (κ3) is 3.09. The first-order valence-electron chi connectivity index (χ1n) is 8.59. The molecule has 3 aromatic heterocycles. The summed E-state index contributed by atoms with van der Waals surface area (Å²) in [5.41, 5.74) is 4.80. The Hall–Kier alpha value is -3.41.